The molecule has 1 unspecified atom stereocenters. The first-order chi connectivity index (χ1) is 18.1. The Bertz CT molecular complexity index is 1410. The van der Waals surface area contributed by atoms with Crippen LogP contribution in [0, 0.1) is 17.1 Å². The Morgan fingerprint density at radius 2 is 2.08 bits per heavy atom. The number of cyclic esters (lactones) is 1. The standard InChI is InChI=1S/C27H27FN5O5/c1-26(2,3)38-25(35)33(15-19(37-24(33)34)14-31-23-8-11-36-32-23)18-5-6-20(21(28)12-18)17-4-7-22(30-13-17)27(16-29)9-10-27/h4-8,11-13,19H,9-10,14-15H2,1-3H3,(H,31,32)/q+1/t19?,33-/m1/s1. The van der Waals surface area contributed by atoms with Gasteiger partial charge in [0.1, 0.15) is 24.2 Å². The van der Waals surface area contributed by atoms with E-state index in [0.29, 0.717) is 17.1 Å². The molecule has 11 heteroatoms. The van der Waals surface area contributed by atoms with Crippen molar-refractivity contribution in [1.82, 2.24) is 14.6 Å². The highest BCUT2D eigenvalue weighted by Crippen LogP contribution is 2.47. The fraction of sp³-hybridized carbons (Fsp3) is 0.370. The average molecular weight is 521 g/mol. The van der Waals surface area contributed by atoms with Gasteiger partial charge in [0.25, 0.3) is 0 Å². The molecular weight excluding hydrogens is 493 g/mol. The number of nitrogens with one attached hydrogen (secondary N) is 1. The molecular formula is C27H27FN5O5+. The lowest BCUT2D eigenvalue weighted by atomic mass is 10.0. The highest BCUT2D eigenvalue weighted by atomic mass is 19.1. The first-order valence-electron chi connectivity index (χ1n) is 12.2. The van der Waals surface area contributed by atoms with Crippen LogP contribution in [0.5, 0.6) is 0 Å². The van der Waals surface area contributed by atoms with E-state index < -0.39 is 39.6 Å². The predicted molar refractivity (Wildman–Crippen MR) is 134 cm³/mol. The van der Waals surface area contributed by atoms with Crippen LogP contribution in [0.3, 0.4) is 0 Å². The maximum Gasteiger partial charge on any atom is 0.532 e. The maximum atomic E-state index is 15.5. The molecule has 3 heterocycles. The second-order valence-electron chi connectivity index (χ2n) is 10.5. The molecule has 2 aliphatic rings. The van der Waals surface area contributed by atoms with Gasteiger partial charge in [0.05, 0.1) is 23.7 Å². The van der Waals surface area contributed by atoms with Crippen LogP contribution in [-0.4, -0.2) is 47.1 Å². The fourth-order valence-corrected chi connectivity index (χ4v) is 4.45. The Hall–Kier alpha value is -4.30. The van der Waals surface area contributed by atoms with E-state index in [1.807, 2.05) is 0 Å². The van der Waals surface area contributed by atoms with Crippen molar-refractivity contribution >= 4 is 23.7 Å². The van der Waals surface area contributed by atoms with Gasteiger partial charge in [-0.05, 0) is 45.7 Å². The van der Waals surface area contributed by atoms with Gasteiger partial charge in [-0.15, -0.1) is 0 Å². The van der Waals surface area contributed by atoms with E-state index in [0.717, 1.165) is 18.9 Å². The van der Waals surface area contributed by atoms with Crippen molar-refractivity contribution in [2.24, 2.45) is 0 Å². The number of hydrogen-bond donors (Lipinski definition) is 1. The highest BCUT2D eigenvalue weighted by Gasteiger charge is 2.59. The number of ether oxygens (including phenoxy) is 2. The lowest BCUT2D eigenvalue weighted by Crippen LogP contribution is -2.57. The topological polar surface area (TPSA) is 127 Å². The number of aromatic nitrogens is 2. The van der Waals surface area contributed by atoms with E-state index in [2.05, 4.69) is 21.5 Å². The minimum Gasteiger partial charge on any atom is -0.414 e. The number of pyridine rings is 1. The number of quaternary nitrogens is 1. The minimum atomic E-state index is -0.957. The molecule has 2 aromatic heterocycles. The number of benzene rings is 1. The minimum absolute atomic E-state index is 0.0837. The van der Waals surface area contributed by atoms with Crippen molar-refractivity contribution in [3.05, 3.63) is 60.4 Å². The number of halogens is 1. The summed E-state index contributed by atoms with van der Waals surface area (Å²) in [6.07, 6.45) is 1.99. The number of rotatable bonds is 6. The van der Waals surface area contributed by atoms with Gasteiger partial charge in [-0.1, -0.05) is 15.7 Å². The predicted octanol–water partition coefficient (Wildman–Crippen LogP) is 5.30. The average Bonchev–Trinajstić information content (AvgIpc) is 3.34. The molecule has 3 aromatic rings. The van der Waals surface area contributed by atoms with Crippen molar-refractivity contribution in [3.8, 4) is 17.2 Å². The summed E-state index contributed by atoms with van der Waals surface area (Å²) in [5.74, 6) is -0.197. The zero-order valence-corrected chi connectivity index (χ0v) is 21.2. The van der Waals surface area contributed by atoms with Crippen molar-refractivity contribution in [3.63, 3.8) is 0 Å². The van der Waals surface area contributed by atoms with Gasteiger partial charge in [0, 0.05) is 35.5 Å². The van der Waals surface area contributed by atoms with Gasteiger partial charge >= 0.3 is 12.2 Å². The van der Waals surface area contributed by atoms with E-state index in [-0.39, 0.29) is 24.3 Å². The summed E-state index contributed by atoms with van der Waals surface area (Å²) in [4.78, 5) is 31.1. The fourth-order valence-electron chi connectivity index (χ4n) is 4.45. The van der Waals surface area contributed by atoms with E-state index >= 15 is 4.39 Å². The van der Waals surface area contributed by atoms with Gasteiger partial charge in [-0.25, -0.2) is 4.39 Å². The quantitative estimate of drug-likeness (QED) is 0.430. The number of nitriles is 1. The Kier molecular flexibility index (Phi) is 6.15. The molecule has 1 aliphatic heterocycles. The van der Waals surface area contributed by atoms with Gasteiger partial charge in [0.2, 0.25) is 0 Å². The van der Waals surface area contributed by atoms with E-state index in [9.17, 15) is 14.9 Å². The number of carbonyl (C=O) groups excluding carboxylic acids is 2. The zero-order chi connectivity index (χ0) is 27.1. The number of anilines is 1. The van der Waals surface area contributed by atoms with Crippen LogP contribution in [0.15, 0.2) is 53.4 Å². The molecule has 1 saturated heterocycles. The summed E-state index contributed by atoms with van der Waals surface area (Å²) >= 11 is 0. The number of carbonyl (C=O) groups is 2. The summed E-state index contributed by atoms with van der Waals surface area (Å²) in [6.45, 7) is 5.11. The molecule has 10 nitrogen and oxygen atoms in total. The summed E-state index contributed by atoms with van der Waals surface area (Å²) in [5.41, 5.74) is 0.0668. The molecule has 0 bridgehead atoms. The molecule has 5 rings (SSSR count). The Balaban J connectivity index is 1.45. The monoisotopic (exact) mass is 520 g/mol. The molecule has 2 amide bonds. The van der Waals surface area contributed by atoms with Gasteiger partial charge < -0.3 is 19.3 Å². The second-order valence-corrected chi connectivity index (χ2v) is 10.5. The van der Waals surface area contributed by atoms with Crippen molar-refractivity contribution in [2.45, 2.75) is 50.7 Å². The van der Waals surface area contributed by atoms with E-state index in [4.69, 9.17) is 14.0 Å². The summed E-state index contributed by atoms with van der Waals surface area (Å²) in [7, 11) is 0. The number of hydrogen-bond acceptors (Lipinski definition) is 9. The van der Waals surface area contributed by atoms with Crippen molar-refractivity contribution in [2.75, 3.05) is 18.4 Å². The molecule has 2 fully saturated rings. The normalized spacial score (nSPS) is 21.9. The first-order valence-corrected chi connectivity index (χ1v) is 12.2. The third-order valence-corrected chi connectivity index (χ3v) is 6.63. The van der Waals surface area contributed by atoms with Gasteiger partial charge in [-0.2, -0.15) is 14.9 Å². The van der Waals surface area contributed by atoms with Crippen LogP contribution < -0.4 is 9.80 Å². The molecule has 1 aromatic carbocycles. The van der Waals surface area contributed by atoms with Gasteiger partial charge in [-0.3, -0.25) is 4.98 Å². The smallest absolute Gasteiger partial charge is 0.414 e. The van der Waals surface area contributed by atoms with Crippen molar-refractivity contribution < 1.29 is 28.0 Å². The van der Waals surface area contributed by atoms with Crippen LogP contribution in [0.4, 0.5) is 25.5 Å². The Morgan fingerprint density at radius 3 is 2.66 bits per heavy atom. The van der Waals surface area contributed by atoms with Crippen LogP contribution in [0.2, 0.25) is 0 Å². The number of amides is 2. The summed E-state index contributed by atoms with van der Waals surface area (Å²) in [6, 6.07) is 11.5. The van der Waals surface area contributed by atoms with E-state index in [1.165, 1.54) is 24.6 Å². The number of imide groups is 1. The molecule has 196 valence electrons. The first kappa shape index (κ1) is 25.4. The lowest BCUT2D eigenvalue weighted by molar-refractivity contribution is 0.0346. The second kappa shape index (κ2) is 9.22. The van der Waals surface area contributed by atoms with E-state index in [1.54, 1.807) is 39.0 Å². The molecule has 2 atom stereocenters. The Morgan fingerprint density at radius 1 is 1.29 bits per heavy atom. The van der Waals surface area contributed by atoms with Gasteiger partial charge in [0.15, 0.2) is 17.6 Å². The van der Waals surface area contributed by atoms with Crippen LogP contribution >= 0.6 is 0 Å². The number of nitrogens with zero attached hydrogens (tertiary/aromatic N) is 4. The molecule has 1 N–H and O–H groups in total. The summed E-state index contributed by atoms with van der Waals surface area (Å²) < 4.78 is 30.5. The molecule has 38 heavy (non-hydrogen) atoms. The third kappa shape index (κ3) is 4.59. The van der Waals surface area contributed by atoms with Crippen LogP contribution in [0.1, 0.15) is 39.3 Å². The molecule has 0 radical (unpaired) electrons. The van der Waals surface area contributed by atoms with Crippen LogP contribution in [-0.2, 0) is 14.9 Å². The van der Waals surface area contributed by atoms with Crippen molar-refractivity contribution in [1.29, 1.82) is 5.26 Å². The lowest BCUT2D eigenvalue weighted by Gasteiger charge is -2.28. The molecule has 0 spiro atoms. The third-order valence-electron chi connectivity index (χ3n) is 6.63. The maximum absolute atomic E-state index is 15.5. The SMILES string of the molecule is CC(C)(C)OC(=O)[N@@+]1(c2ccc(-c3ccc(C4(C#N)CC4)nc3)c(F)c2)CC(CNc2ccon2)OC1=O. The Labute approximate surface area is 218 Å². The largest absolute Gasteiger partial charge is 0.532 e. The summed E-state index contributed by atoms with van der Waals surface area (Å²) in [5, 5.41) is 16.1. The van der Waals surface area contributed by atoms with Crippen LogP contribution in [0.25, 0.3) is 11.1 Å². The molecule has 1 saturated carbocycles. The zero-order valence-electron chi connectivity index (χ0n) is 21.2. The molecule has 1 aliphatic carbocycles. The highest BCUT2D eigenvalue weighted by molar-refractivity contribution is 6.04.